The van der Waals surface area contributed by atoms with Gasteiger partial charge in [0.25, 0.3) is 0 Å². The summed E-state index contributed by atoms with van der Waals surface area (Å²) in [6.45, 7) is 7.96. The predicted octanol–water partition coefficient (Wildman–Crippen LogP) is 5.48. The number of methoxy groups -OCH3 is 2. The number of hydrogen-bond acceptors (Lipinski definition) is 15. The summed E-state index contributed by atoms with van der Waals surface area (Å²) in [6, 6.07) is 8.81. The molecule has 4 bridgehead atoms. The minimum absolute atomic E-state index is 0.0508. The van der Waals surface area contributed by atoms with E-state index in [1.54, 1.807) is 14.2 Å². The van der Waals surface area contributed by atoms with Gasteiger partial charge in [-0.15, -0.1) is 11.8 Å². The quantitative estimate of drug-likeness (QED) is 0.198. The first kappa shape index (κ1) is 36.0. The molecule has 3 aromatic carbocycles. The molecular formula is C43H42N4O10S. The van der Waals surface area contributed by atoms with Crippen LogP contribution in [0.3, 0.4) is 0 Å². The molecule has 14 nitrogen and oxygen atoms in total. The number of thioether (sulfide) groups is 1. The van der Waals surface area contributed by atoms with Gasteiger partial charge in [-0.1, -0.05) is 0 Å². The maximum absolute atomic E-state index is 15.0. The van der Waals surface area contributed by atoms with Crippen LogP contribution in [0.4, 0.5) is 0 Å². The van der Waals surface area contributed by atoms with Gasteiger partial charge in [0, 0.05) is 77.0 Å². The Kier molecular flexibility index (Phi) is 7.43. The van der Waals surface area contributed by atoms with Crippen LogP contribution in [-0.2, 0) is 31.8 Å². The third-order valence-corrected chi connectivity index (χ3v) is 15.4. The number of nitriles is 1. The number of carbonyl (C=O) groups is 2. The van der Waals surface area contributed by atoms with Crippen LogP contribution in [0.2, 0.25) is 0 Å². The Hall–Kier alpha value is -5.14. The van der Waals surface area contributed by atoms with Crippen molar-refractivity contribution in [3.05, 3.63) is 69.0 Å². The molecule has 8 aliphatic rings. The normalized spacial score (nSPS) is 31.3. The van der Waals surface area contributed by atoms with Crippen LogP contribution in [-0.4, -0.2) is 84.9 Å². The molecule has 0 saturated carbocycles. The van der Waals surface area contributed by atoms with E-state index in [9.17, 15) is 20.0 Å². The highest BCUT2D eigenvalue weighted by Gasteiger charge is 2.72. The number of rotatable bonds is 3. The van der Waals surface area contributed by atoms with Crippen molar-refractivity contribution in [1.29, 1.82) is 5.26 Å². The largest absolute Gasteiger partial charge is 0.504 e. The van der Waals surface area contributed by atoms with Crippen molar-refractivity contribution in [3.63, 3.8) is 0 Å². The van der Waals surface area contributed by atoms with Gasteiger partial charge in [0.05, 0.1) is 37.6 Å². The van der Waals surface area contributed by atoms with Crippen molar-refractivity contribution >= 4 is 34.7 Å². The second-order valence-corrected chi connectivity index (χ2v) is 17.9. The Bertz CT molecular complexity index is 2590. The van der Waals surface area contributed by atoms with E-state index in [0.29, 0.717) is 77.1 Å². The van der Waals surface area contributed by atoms with Crippen LogP contribution in [0.15, 0.2) is 28.7 Å². The highest BCUT2D eigenvalue weighted by Crippen LogP contribution is 2.71. The van der Waals surface area contributed by atoms with E-state index in [1.165, 1.54) is 18.7 Å². The van der Waals surface area contributed by atoms with Gasteiger partial charge in [0.1, 0.15) is 35.0 Å². The van der Waals surface area contributed by atoms with Gasteiger partial charge in [-0.2, -0.15) is 5.26 Å². The van der Waals surface area contributed by atoms with Gasteiger partial charge in [0.2, 0.25) is 6.79 Å². The van der Waals surface area contributed by atoms with Crippen molar-refractivity contribution in [3.8, 4) is 40.6 Å². The lowest BCUT2D eigenvalue weighted by atomic mass is 9.72. The number of piperazine rings is 1. The summed E-state index contributed by atoms with van der Waals surface area (Å²) in [6.07, 6.45) is 1.05. The summed E-state index contributed by atoms with van der Waals surface area (Å²) in [5.41, 5.74) is 2.98. The average molecular weight is 807 g/mol. The fourth-order valence-electron chi connectivity index (χ4n) is 11.7. The van der Waals surface area contributed by atoms with Crippen LogP contribution in [0.5, 0.6) is 34.5 Å². The second-order valence-electron chi connectivity index (χ2n) is 16.7. The molecule has 12 rings (SSSR count). The number of phenols is 1. The number of aryl methyl sites for hydroxylation is 1. The number of furan rings is 1. The molecule has 3 saturated heterocycles. The summed E-state index contributed by atoms with van der Waals surface area (Å²) in [4.78, 5) is 32.6. The van der Waals surface area contributed by atoms with Crippen LogP contribution < -0.4 is 29.0 Å². The zero-order chi connectivity index (χ0) is 40.2. The lowest BCUT2D eigenvalue weighted by molar-refractivity contribution is -0.157. The second kappa shape index (κ2) is 12.0. The van der Waals surface area contributed by atoms with Gasteiger partial charge < -0.3 is 37.9 Å². The minimum atomic E-state index is -1.40. The number of hydrogen-bond donors (Lipinski definition) is 2. The Labute approximate surface area is 338 Å². The third-order valence-electron chi connectivity index (χ3n) is 13.9. The van der Waals surface area contributed by atoms with E-state index in [-0.39, 0.29) is 24.9 Å². The summed E-state index contributed by atoms with van der Waals surface area (Å²) >= 11 is 1.52. The molecule has 2 N–H and O–H groups in total. The molecule has 4 aromatic rings. The van der Waals surface area contributed by atoms with Crippen LogP contribution in [0.25, 0.3) is 11.0 Å². The summed E-state index contributed by atoms with van der Waals surface area (Å²) in [5, 5.41) is 27.6. The van der Waals surface area contributed by atoms with E-state index in [0.717, 1.165) is 33.2 Å². The molecule has 0 amide bonds. The van der Waals surface area contributed by atoms with E-state index in [1.807, 2.05) is 32.0 Å². The first-order valence-corrected chi connectivity index (χ1v) is 20.6. The fourth-order valence-corrected chi connectivity index (χ4v) is 13.4. The summed E-state index contributed by atoms with van der Waals surface area (Å²) < 4.78 is 43.1. The highest BCUT2D eigenvalue weighted by molar-refractivity contribution is 7.99. The molecule has 0 radical (unpaired) electrons. The molecule has 7 atom stereocenters. The number of phenolic OH excluding ortho intramolecular Hbond substituents is 1. The Morgan fingerprint density at radius 2 is 1.90 bits per heavy atom. The molecular weight excluding hydrogens is 765 g/mol. The number of carbonyl (C=O) groups excluding carboxylic acids is 2. The molecule has 9 heterocycles. The van der Waals surface area contributed by atoms with Gasteiger partial charge in [0.15, 0.2) is 28.5 Å². The Morgan fingerprint density at radius 3 is 2.66 bits per heavy atom. The topological polar surface area (TPSA) is 165 Å². The number of fused-ring (bicyclic) bond motifs is 11. The van der Waals surface area contributed by atoms with Gasteiger partial charge in [-0.25, -0.2) is 4.79 Å². The first-order valence-electron chi connectivity index (χ1n) is 19.6. The highest BCUT2D eigenvalue weighted by atomic mass is 32.2. The number of aromatic hydroxyl groups is 1. The molecule has 58 heavy (non-hydrogen) atoms. The fraction of sp³-hybridized carbons (Fsp3) is 0.465. The average Bonchev–Trinajstić information content (AvgIpc) is 3.96. The Balaban J connectivity index is 1.19. The standard InChI is InChI=1S/C43H42N4O10S/c1-19-11-25-28(33(49)34(19)52-6)31-32-38-30-29(37-36(54-18-55-37)20(2)35(30)56-21(3)48)26(47(32)42(15-44)14-41(25,4)46(31)16-42)13-53-40(50)43(17-58-38)39-23(9-10-45-43)24-12-22(51-5)7-8-27(24)57-39/h7-8,11-12,26,31-32,38,45,49H,9-10,13-14,16-18H2,1-6H3/t26-,31+,32+,38+,41?,42-,43+/m0/s1. The van der Waals surface area contributed by atoms with Crippen molar-refractivity contribution in [2.24, 2.45) is 0 Å². The molecule has 300 valence electrons. The molecule has 1 aromatic heterocycles. The zero-order valence-electron chi connectivity index (χ0n) is 32.9. The van der Waals surface area contributed by atoms with Crippen LogP contribution >= 0.6 is 11.8 Å². The van der Waals surface area contributed by atoms with E-state index in [2.05, 4.69) is 34.2 Å². The van der Waals surface area contributed by atoms with E-state index < -0.39 is 51.9 Å². The number of ether oxygens (including phenoxy) is 6. The maximum Gasteiger partial charge on any atom is 0.335 e. The molecule has 8 aliphatic heterocycles. The molecule has 1 spiro atoms. The minimum Gasteiger partial charge on any atom is -0.504 e. The maximum atomic E-state index is 15.0. The zero-order valence-corrected chi connectivity index (χ0v) is 33.8. The van der Waals surface area contributed by atoms with Gasteiger partial charge in [-0.3, -0.25) is 19.9 Å². The van der Waals surface area contributed by atoms with Gasteiger partial charge >= 0.3 is 11.9 Å². The van der Waals surface area contributed by atoms with E-state index >= 15 is 0 Å². The van der Waals surface area contributed by atoms with Crippen molar-refractivity contribution < 1.29 is 47.5 Å². The SMILES string of the molecule is COc1ccc2oc3c(c2c1)CCN[C@]31CS[C@@H]2c3c(OC(C)=O)c(C)c4c(c3[C@H](COC1=O)N1[C@@H]2[C@H]2c3c(cc(C)c(OC)c3O)C3(C)C[C@]1(C#N)CN23)OCO4. The Morgan fingerprint density at radius 1 is 1.09 bits per heavy atom. The number of benzene rings is 3. The van der Waals surface area contributed by atoms with Crippen molar-refractivity contribution in [1.82, 2.24) is 15.1 Å². The molecule has 1 unspecified atom stereocenters. The number of nitrogens with one attached hydrogen (secondary N) is 1. The summed E-state index contributed by atoms with van der Waals surface area (Å²) in [5.74, 6) is 2.09. The molecule has 15 heteroatoms. The van der Waals surface area contributed by atoms with Crippen molar-refractivity contribution in [2.45, 2.75) is 80.5 Å². The van der Waals surface area contributed by atoms with Crippen molar-refractivity contribution in [2.75, 3.05) is 46.5 Å². The molecule has 0 aliphatic carbocycles. The lowest BCUT2D eigenvalue weighted by Gasteiger charge is -2.58. The first-order chi connectivity index (χ1) is 27.9. The number of esters is 2. The smallest absolute Gasteiger partial charge is 0.335 e. The van der Waals surface area contributed by atoms with Crippen LogP contribution in [0, 0.1) is 25.2 Å². The monoisotopic (exact) mass is 806 g/mol. The predicted molar refractivity (Wildman–Crippen MR) is 208 cm³/mol. The lowest BCUT2D eigenvalue weighted by Crippen LogP contribution is -2.67. The van der Waals surface area contributed by atoms with Crippen LogP contribution in [0.1, 0.15) is 82.3 Å². The van der Waals surface area contributed by atoms with E-state index in [4.69, 9.17) is 32.8 Å². The molecule has 3 fully saturated rings. The third kappa shape index (κ3) is 4.28. The van der Waals surface area contributed by atoms with Gasteiger partial charge in [-0.05, 0) is 62.6 Å². The summed E-state index contributed by atoms with van der Waals surface area (Å²) in [7, 11) is 3.18. The number of nitrogens with zero attached hydrogens (tertiary/aromatic N) is 3.